The maximum atomic E-state index is 11.6. The van der Waals surface area contributed by atoms with E-state index in [9.17, 15) is 9.90 Å². The van der Waals surface area contributed by atoms with Gasteiger partial charge in [0, 0.05) is 13.1 Å². The Hall–Kier alpha value is -2.17. The maximum absolute atomic E-state index is 11.6. The highest BCUT2D eigenvalue weighted by Crippen LogP contribution is 2.13. The van der Waals surface area contributed by atoms with Gasteiger partial charge in [0.1, 0.15) is 6.04 Å². The second kappa shape index (κ2) is 7.57. The average molecular weight is 284 g/mol. The molecule has 0 spiro atoms. The van der Waals surface area contributed by atoms with E-state index in [1.807, 2.05) is 65.6 Å². The van der Waals surface area contributed by atoms with Crippen LogP contribution in [-0.2, 0) is 17.9 Å². The first-order chi connectivity index (χ1) is 10.2. The van der Waals surface area contributed by atoms with Crippen LogP contribution in [0.4, 0.5) is 0 Å². The van der Waals surface area contributed by atoms with E-state index in [4.69, 9.17) is 5.73 Å². The molecule has 0 aliphatic carbocycles. The van der Waals surface area contributed by atoms with Gasteiger partial charge < -0.3 is 10.8 Å². The number of carbonyl (C=O) groups excluding carboxylic acids is 1. The predicted octanol–water partition coefficient (Wildman–Crippen LogP) is 1.53. The third-order valence-electron chi connectivity index (χ3n) is 3.40. The molecule has 2 rings (SSSR count). The predicted molar refractivity (Wildman–Crippen MR) is 82.2 cm³/mol. The smallest absolute Gasteiger partial charge is 0.237 e. The zero-order valence-electron chi connectivity index (χ0n) is 11.9. The van der Waals surface area contributed by atoms with Crippen molar-refractivity contribution in [2.24, 2.45) is 5.73 Å². The van der Waals surface area contributed by atoms with Gasteiger partial charge in [-0.3, -0.25) is 9.69 Å². The van der Waals surface area contributed by atoms with Crippen LogP contribution in [0.3, 0.4) is 0 Å². The number of hydrogen-bond acceptors (Lipinski definition) is 3. The first kappa shape index (κ1) is 15.2. The van der Waals surface area contributed by atoms with Crippen molar-refractivity contribution in [1.29, 1.82) is 0 Å². The zero-order valence-corrected chi connectivity index (χ0v) is 11.9. The molecule has 1 unspecified atom stereocenters. The molecule has 0 heterocycles. The molecule has 4 nitrogen and oxygen atoms in total. The molecule has 4 heteroatoms. The van der Waals surface area contributed by atoms with E-state index in [0.717, 1.165) is 11.1 Å². The number of carbonyl (C=O) groups is 1. The van der Waals surface area contributed by atoms with Crippen LogP contribution >= 0.6 is 0 Å². The Kier molecular flexibility index (Phi) is 5.49. The summed E-state index contributed by atoms with van der Waals surface area (Å²) < 4.78 is 0. The van der Waals surface area contributed by atoms with Gasteiger partial charge in [0.05, 0.1) is 6.61 Å². The van der Waals surface area contributed by atoms with Crippen LogP contribution in [0.1, 0.15) is 11.1 Å². The summed E-state index contributed by atoms with van der Waals surface area (Å²) in [5.41, 5.74) is 7.57. The normalized spacial score (nSPS) is 12.3. The SMILES string of the molecule is NC(=O)C(CO)N(Cc1ccccc1)Cc1ccccc1. The number of amides is 1. The Balaban J connectivity index is 2.19. The summed E-state index contributed by atoms with van der Waals surface area (Å²) in [5.74, 6) is -0.510. The van der Waals surface area contributed by atoms with Gasteiger partial charge in [0.2, 0.25) is 5.91 Å². The van der Waals surface area contributed by atoms with E-state index in [1.165, 1.54) is 0 Å². The molecule has 21 heavy (non-hydrogen) atoms. The first-order valence-electron chi connectivity index (χ1n) is 6.93. The summed E-state index contributed by atoms with van der Waals surface area (Å²) in [7, 11) is 0. The fraction of sp³-hybridized carbons (Fsp3) is 0.235. The van der Waals surface area contributed by atoms with Crippen molar-refractivity contribution in [2.45, 2.75) is 19.1 Å². The van der Waals surface area contributed by atoms with Crippen LogP contribution in [0, 0.1) is 0 Å². The molecule has 1 amide bonds. The van der Waals surface area contributed by atoms with E-state index in [0.29, 0.717) is 13.1 Å². The molecule has 0 radical (unpaired) electrons. The Morgan fingerprint density at radius 1 is 0.952 bits per heavy atom. The average Bonchev–Trinajstić information content (AvgIpc) is 2.49. The molecule has 0 fully saturated rings. The number of rotatable bonds is 7. The van der Waals surface area contributed by atoms with Crippen LogP contribution < -0.4 is 5.73 Å². The molecule has 2 aromatic rings. The molecule has 1 atom stereocenters. The molecule has 3 N–H and O–H groups in total. The molecule has 0 bridgehead atoms. The molecule has 0 saturated carbocycles. The van der Waals surface area contributed by atoms with Crippen molar-refractivity contribution in [2.75, 3.05) is 6.61 Å². The van der Waals surface area contributed by atoms with Gasteiger partial charge >= 0.3 is 0 Å². The highest BCUT2D eigenvalue weighted by Gasteiger charge is 2.23. The summed E-state index contributed by atoms with van der Waals surface area (Å²) in [6.07, 6.45) is 0. The number of benzene rings is 2. The van der Waals surface area contributed by atoms with Crippen LogP contribution in [0.15, 0.2) is 60.7 Å². The number of primary amides is 1. The van der Waals surface area contributed by atoms with Crippen molar-refractivity contribution in [3.63, 3.8) is 0 Å². The van der Waals surface area contributed by atoms with Crippen LogP contribution in [0.2, 0.25) is 0 Å². The lowest BCUT2D eigenvalue weighted by Crippen LogP contribution is -2.46. The van der Waals surface area contributed by atoms with Crippen LogP contribution in [0.25, 0.3) is 0 Å². The van der Waals surface area contributed by atoms with Crippen molar-refractivity contribution in [3.8, 4) is 0 Å². The molecular formula is C17H20N2O2. The maximum Gasteiger partial charge on any atom is 0.237 e. The zero-order chi connectivity index (χ0) is 15.1. The van der Waals surface area contributed by atoms with Crippen molar-refractivity contribution in [1.82, 2.24) is 4.90 Å². The standard InChI is InChI=1S/C17H20N2O2/c18-17(21)16(13-20)19(11-14-7-3-1-4-8-14)12-15-9-5-2-6-10-15/h1-10,16,20H,11-13H2,(H2,18,21). The number of hydrogen-bond donors (Lipinski definition) is 2. The fourth-order valence-corrected chi connectivity index (χ4v) is 2.30. The van der Waals surface area contributed by atoms with E-state index >= 15 is 0 Å². The van der Waals surface area contributed by atoms with E-state index in [-0.39, 0.29) is 6.61 Å². The molecule has 0 aromatic heterocycles. The summed E-state index contributed by atoms with van der Waals surface area (Å²) in [6, 6.07) is 19.0. The minimum absolute atomic E-state index is 0.283. The van der Waals surface area contributed by atoms with Crippen LogP contribution in [0.5, 0.6) is 0 Å². The van der Waals surface area contributed by atoms with Crippen molar-refractivity contribution >= 4 is 5.91 Å². The first-order valence-corrected chi connectivity index (χ1v) is 6.93. The number of aliphatic hydroxyl groups is 1. The van der Waals surface area contributed by atoms with E-state index in [2.05, 4.69) is 0 Å². The Labute approximate surface area is 124 Å². The Bertz CT molecular complexity index is 516. The molecule has 2 aromatic carbocycles. The summed E-state index contributed by atoms with van der Waals surface area (Å²) in [4.78, 5) is 13.5. The topological polar surface area (TPSA) is 66.6 Å². The lowest BCUT2D eigenvalue weighted by molar-refractivity contribution is -0.125. The fourth-order valence-electron chi connectivity index (χ4n) is 2.30. The Morgan fingerprint density at radius 2 is 1.38 bits per heavy atom. The lowest BCUT2D eigenvalue weighted by Gasteiger charge is -2.28. The second-order valence-electron chi connectivity index (χ2n) is 4.98. The summed E-state index contributed by atoms with van der Waals surface area (Å²) in [6.45, 7) is 0.836. The molecular weight excluding hydrogens is 264 g/mol. The summed E-state index contributed by atoms with van der Waals surface area (Å²) >= 11 is 0. The van der Waals surface area contributed by atoms with Crippen LogP contribution in [-0.4, -0.2) is 28.6 Å². The van der Waals surface area contributed by atoms with Gasteiger partial charge in [-0.15, -0.1) is 0 Å². The largest absolute Gasteiger partial charge is 0.394 e. The minimum Gasteiger partial charge on any atom is -0.394 e. The quantitative estimate of drug-likeness (QED) is 0.810. The van der Waals surface area contributed by atoms with Crippen molar-refractivity contribution in [3.05, 3.63) is 71.8 Å². The number of aliphatic hydroxyl groups excluding tert-OH is 1. The van der Waals surface area contributed by atoms with Gasteiger partial charge in [-0.25, -0.2) is 0 Å². The van der Waals surface area contributed by atoms with Gasteiger partial charge in [0.15, 0.2) is 0 Å². The number of nitrogens with two attached hydrogens (primary N) is 1. The van der Waals surface area contributed by atoms with E-state index < -0.39 is 11.9 Å². The molecule has 0 aliphatic heterocycles. The third-order valence-corrected chi connectivity index (χ3v) is 3.40. The van der Waals surface area contributed by atoms with Crippen molar-refractivity contribution < 1.29 is 9.90 Å². The summed E-state index contributed by atoms with van der Waals surface area (Å²) in [5, 5.41) is 9.48. The third kappa shape index (κ3) is 4.41. The monoisotopic (exact) mass is 284 g/mol. The minimum atomic E-state index is -0.689. The van der Waals surface area contributed by atoms with Gasteiger partial charge in [-0.05, 0) is 11.1 Å². The van der Waals surface area contributed by atoms with Gasteiger partial charge in [0.25, 0.3) is 0 Å². The highest BCUT2D eigenvalue weighted by molar-refractivity contribution is 5.80. The second-order valence-corrected chi connectivity index (χ2v) is 4.98. The molecule has 110 valence electrons. The Morgan fingerprint density at radius 3 is 1.71 bits per heavy atom. The molecule has 0 aliphatic rings. The number of nitrogens with zero attached hydrogens (tertiary/aromatic N) is 1. The highest BCUT2D eigenvalue weighted by atomic mass is 16.3. The van der Waals surface area contributed by atoms with E-state index in [1.54, 1.807) is 0 Å². The molecule has 0 saturated heterocycles. The van der Waals surface area contributed by atoms with Gasteiger partial charge in [-0.1, -0.05) is 60.7 Å². The lowest BCUT2D eigenvalue weighted by atomic mass is 10.1. The van der Waals surface area contributed by atoms with Gasteiger partial charge in [-0.2, -0.15) is 0 Å².